The summed E-state index contributed by atoms with van der Waals surface area (Å²) in [6, 6.07) is 5.90. The fraction of sp³-hybridized carbons (Fsp3) is 0.308. The van der Waals surface area contributed by atoms with Crippen molar-refractivity contribution in [1.82, 2.24) is 5.32 Å². The number of carbonyl (C=O) groups excluding carboxylic acids is 1. The zero-order chi connectivity index (χ0) is 12.7. The Kier molecular flexibility index (Phi) is 5.36. The van der Waals surface area contributed by atoms with Crippen LogP contribution < -0.4 is 10.6 Å². The van der Waals surface area contributed by atoms with Gasteiger partial charge in [-0.15, -0.1) is 6.58 Å². The zero-order valence-corrected chi connectivity index (χ0v) is 9.87. The molecule has 1 amide bonds. The first-order chi connectivity index (χ1) is 8.11. The first-order valence-corrected chi connectivity index (χ1v) is 5.51. The topological polar surface area (TPSA) is 41.1 Å². The number of nitrogens with one attached hydrogen (secondary N) is 2. The highest BCUT2D eigenvalue weighted by Gasteiger charge is 2.08. The first-order valence-electron chi connectivity index (χ1n) is 5.51. The van der Waals surface area contributed by atoms with Gasteiger partial charge in [0.25, 0.3) is 0 Å². The maximum atomic E-state index is 12.9. The van der Waals surface area contributed by atoms with Gasteiger partial charge in [0.15, 0.2) is 0 Å². The van der Waals surface area contributed by atoms with Gasteiger partial charge in [-0.05, 0) is 25.1 Å². The number of amides is 1. The zero-order valence-electron chi connectivity index (χ0n) is 9.87. The van der Waals surface area contributed by atoms with E-state index in [0.29, 0.717) is 18.7 Å². The van der Waals surface area contributed by atoms with E-state index in [0.717, 1.165) is 0 Å². The third-order valence-electron chi connectivity index (χ3n) is 2.21. The summed E-state index contributed by atoms with van der Waals surface area (Å²) in [5.74, 6) is -0.500. The molecule has 0 aliphatic rings. The van der Waals surface area contributed by atoms with Crippen LogP contribution in [0.4, 0.5) is 10.1 Å². The van der Waals surface area contributed by atoms with Crippen LogP contribution in [-0.4, -0.2) is 18.5 Å². The van der Waals surface area contributed by atoms with Crippen LogP contribution in [0.5, 0.6) is 0 Å². The fourth-order valence-electron chi connectivity index (χ4n) is 1.41. The average molecular weight is 236 g/mol. The number of halogens is 1. The van der Waals surface area contributed by atoms with Crippen molar-refractivity contribution in [3.05, 3.63) is 42.7 Å². The molecule has 0 heterocycles. The van der Waals surface area contributed by atoms with Crippen LogP contribution in [0.25, 0.3) is 0 Å². The standard InChI is InChI=1S/C13H17FN2O/c1-3-7-15-10(2)8-13(17)16-12-6-4-5-11(14)9-12/h3-6,9-10,15H,1,7-8H2,2H3,(H,16,17)/t10-/m0/s1. The van der Waals surface area contributed by atoms with Crippen LogP contribution >= 0.6 is 0 Å². The van der Waals surface area contributed by atoms with Crippen molar-refractivity contribution in [2.24, 2.45) is 0 Å². The summed E-state index contributed by atoms with van der Waals surface area (Å²) in [6.45, 7) is 6.16. The summed E-state index contributed by atoms with van der Waals surface area (Å²) >= 11 is 0. The van der Waals surface area contributed by atoms with Gasteiger partial charge in [0.2, 0.25) is 5.91 Å². The van der Waals surface area contributed by atoms with Crippen molar-refractivity contribution >= 4 is 11.6 Å². The molecule has 0 aromatic heterocycles. The highest BCUT2D eigenvalue weighted by Crippen LogP contribution is 2.09. The summed E-state index contributed by atoms with van der Waals surface area (Å²) in [4.78, 5) is 11.6. The van der Waals surface area contributed by atoms with Crippen LogP contribution in [0.15, 0.2) is 36.9 Å². The summed E-state index contributed by atoms with van der Waals surface area (Å²) in [6.07, 6.45) is 2.07. The van der Waals surface area contributed by atoms with E-state index in [1.165, 1.54) is 12.1 Å². The van der Waals surface area contributed by atoms with E-state index in [1.807, 2.05) is 6.92 Å². The molecule has 1 atom stereocenters. The van der Waals surface area contributed by atoms with E-state index in [4.69, 9.17) is 0 Å². The highest BCUT2D eigenvalue weighted by molar-refractivity contribution is 5.91. The Morgan fingerprint density at radius 1 is 1.59 bits per heavy atom. The molecule has 0 aliphatic carbocycles. The second kappa shape index (κ2) is 6.81. The van der Waals surface area contributed by atoms with Crippen LogP contribution in [0.1, 0.15) is 13.3 Å². The normalized spacial score (nSPS) is 11.9. The lowest BCUT2D eigenvalue weighted by atomic mass is 10.2. The van der Waals surface area contributed by atoms with E-state index in [-0.39, 0.29) is 17.8 Å². The van der Waals surface area contributed by atoms with E-state index < -0.39 is 0 Å². The van der Waals surface area contributed by atoms with Gasteiger partial charge in [0, 0.05) is 24.7 Å². The average Bonchev–Trinajstić information content (AvgIpc) is 2.26. The van der Waals surface area contributed by atoms with Gasteiger partial charge < -0.3 is 10.6 Å². The largest absolute Gasteiger partial charge is 0.326 e. The van der Waals surface area contributed by atoms with Gasteiger partial charge in [0.05, 0.1) is 0 Å². The molecule has 1 rings (SSSR count). The molecule has 0 saturated heterocycles. The Balaban J connectivity index is 2.41. The predicted octanol–water partition coefficient (Wildman–Crippen LogP) is 2.32. The molecule has 17 heavy (non-hydrogen) atoms. The molecule has 1 aromatic rings. The van der Waals surface area contributed by atoms with Gasteiger partial charge >= 0.3 is 0 Å². The number of carbonyl (C=O) groups is 1. The number of benzene rings is 1. The Hall–Kier alpha value is -1.68. The van der Waals surface area contributed by atoms with Gasteiger partial charge in [-0.1, -0.05) is 12.1 Å². The lowest BCUT2D eigenvalue weighted by Gasteiger charge is -2.12. The lowest BCUT2D eigenvalue weighted by Crippen LogP contribution is -2.30. The molecule has 0 radical (unpaired) electrons. The molecule has 0 unspecified atom stereocenters. The SMILES string of the molecule is C=CCN[C@@H](C)CC(=O)Nc1cccc(F)c1. The van der Waals surface area contributed by atoms with Crippen LogP contribution in [0.3, 0.4) is 0 Å². The number of rotatable bonds is 6. The minimum atomic E-state index is -0.361. The van der Waals surface area contributed by atoms with E-state index in [2.05, 4.69) is 17.2 Å². The van der Waals surface area contributed by atoms with Crippen LogP contribution in [0, 0.1) is 5.82 Å². The molecule has 4 heteroatoms. The smallest absolute Gasteiger partial charge is 0.225 e. The van der Waals surface area contributed by atoms with Crippen molar-refractivity contribution < 1.29 is 9.18 Å². The summed E-state index contributed by atoms with van der Waals surface area (Å²) in [5.41, 5.74) is 0.478. The minimum Gasteiger partial charge on any atom is -0.326 e. The predicted molar refractivity (Wildman–Crippen MR) is 67.3 cm³/mol. The summed E-state index contributed by atoms with van der Waals surface area (Å²) < 4.78 is 12.9. The van der Waals surface area contributed by atoms with Crippen molar-refractivity contribution in [2.45, 2.75) is 19.4 Å². The molecular weight excluding hydrogens is 219 g/mol. The monoisotopic (exact) mass is 236 g/mol. The molecule has 0 bridgehead atoms. The minimum absolute atomic E-state index is 0.0570. The number of hydrogen-bond donors (Lipinski definition) is 2. The molecule has 1 aromatic carbocycles. The first kappa shape index (κ1) is 13.4. The van der Waals surface area contributed by atoms with Crippen molar-refractivity contribution in [2.75, 3.05) is 11.9 Å². The third-order valence-corrected chi connectivity index (χ3v) is 2.21. The number of anilines is 1. The molecule has 0 fully saturated rings. The van der Waals surface area contributed by atoms with Gasteiger partial charge in [-0.25, -0.2) is 4.39 Å². The van der Waals surface area contributed by atoms with E-state index in [1.54, 1.807) is 18.2 Å². The van der Waals surface area contributed by atoms with Gasteiger partial charge in [0.1, 0.15) is 5.82 Å². The Labute approximate surface area is 101 Å². The summed E-state index contributed by atoms with van der Waals surface area (Å²) in [7, 11) is 0. The number of hydrogen-bond acceptors (Lipinski definition) is 2. The van der Waals surface area contributed by atoms with Crippen molar-refractivity contribution in [1.29, 1.82) is 0 Å². The van der Waals surface area contributed by atoms with Crippen molar-refractivity contribution in [3.8, 4) is 0 Å². The fourth-order valence-corrected chi connectivity index (χ4v) is 1.41. The summed E-state index contributed by atoms with van der Waals surface area (Å²) in [5, 5.41) is 5.75. The van der Waals surface area contributed by atoms with Crippen molar-refractivity contribution in [3.63, 3.8) is 0 Å². The van der Waals surface area contributed by atoms with E-state index >= 15 is 0 Å². The second-order valence-corrected chi connectivity index (χ2v) is 3.86. The molecule has 3 nitrogen and oxygen atoms in total. The van der Waals surface area contributed by atoms with Gasteiger partial charge in [-0.2, -0.15) is 0 Å². The van der Waals surface area contributed by atoms with Crippen LogP contribution in [0.2, 0.25) is 0 Å². The Morgan fingerprint density at radius 3 is 3.00 bits per heavy atom. The Bertz CT molecular complexity index is 393. The molecule has 2 N–H and O–H groups in total. The molecule has 0 saturated carbocycles. The molecule has 0 spiro atoms. The maximum absolute atomic E-state index is 12.9. The van der Waals surface area contributed by atoms with Crippen LogP contribution in [-0.2, 0) is 4.79 Å². The molecule has 0 aliphatic heterocycles. The van der Waals surface area contributed by atoms with E-state index in [9.17, 15) is 9.18 Å². The third kappa shape index (κ3) is 5.26. The maximum Gasteiger partial charge on any atom is 0.225 e. The van der Waals surface area contributed by atoms with Gasteiger partial charge in [-0.3, -0.25) is 4.79 Å². The molecule has 92 valence electrons. The Morgan fingerprint density at radius 2 is 2.35 bits per heavy atom. The quantitative estimate of drug-likeness (QED) is 0.744. The highest BCUT2D eigenvalue weighted by atomic mass is 19.1. The second-order valence-electron chi connectivity index (χ2n) is 3.86. The lowest BCUT2D eigenvalue weighted by molar-refractivity contribution is -0.116. The molecular formula is C13H17FN2O.